The molecule has 1 aliphatic heterocycles. The van der Waals surface area contributed by atoms with E-state index in [9.17, 15) is 0 Å². The van der Waals surface area contributed by atoms with Gasteiger partial charge in [0.25, 0.3) is 0 Å². The van der Waals surface area contributed by atoms with Crippen molar-refractivity contribution >= 4 is 24.0 Å². The van der Waals surface area contributed by atoms with Crippen LogP contribution in [0.3, 0.4) is 0 Å². The molecule has 0 bridgehead atoms. The maximum Gasteiger partial charge on any atom is 0.136 e. The molecule has 1 unspecified atom stereocenters. The van der Waals surface area contributed by atoms with Crippen molar-refractivity contribution in [2.24, 2.45) is 0 Å². The summed E-state index contributed by atoms with van der Waals surface area (Å²) in [5.74, 6) is 0. The highest BCUT2D eigenvalue weighted by atomic mass is 35.5. The predicted octanol–water partition coefficient (Wildman–Crippen LogP) is 3.16. The number of nitrogens with one attached hydrogen (secondary N) is 1. The highest BCUT2D eigenvalue weighted by Crippen LogP contribution is 2.30. The van der Waals surface area contributed by atoms with Crippen LogP contribution >= 0.6 is 24.0 Å². The summed E-state index contributed by atoms with van der Waals surface area (Å²) >= 11 is 6.08. The first-order valence-corrected chi connectivity index (χ1v) is 5.10. The molecule has 1 heterocycles. The van der Waals surface area contributed by atoms with E-state index in [4.69, 9.17) is 16.3 Å². The molecule has 0 amide bonds. The first-order chi connectivity index (χ1) is 6.58. The summed E-state index contributed by atoms with van der Waals surface area (Å²) in [6.07, 6.45) is -0.0706. The van der Waals surface area contributed by atoms with E-state index < -0.39 is 0 Å². The average molecular weight is 248 g/mol. The molecule has 15 heavy (non-hydrogen) atoms. The first kappa shape index (κ1) is 12.8. The summed E-state index contributed by atoms with van der Waals surface area (Å²) in [5.41, 5.74) is 1.05. The van der Waals surface area contributed by atoms with Crippen molar-refractivity contribution in [3.05, 3.63) is 34.9 Å². The SMILES string of the molecule is CC1(C)COC(c2ccccc2Cl)N1.Cl. The lowest BCUT2D eigenvalue weighted by atomic mass is 10.1. The number of ether oxygens (including phenoxy) is 1. The molecule has 4 heteroatoms. The minimum Gasteiger partial charge on any atom is -0.357 e. The van der Waals surface area contributed by atoms with E-state index in [1.54, 1.807) is 0 Å². The van der Waals surface area contributed by atoms with E-state index in [2.05, 4.69) is 19.2 Å². The van der Waals surface area contributed by atoms with Crippen molar-refractivity contribution in [3.63, 3.8) is 0 Å². The third-order valence-electron chi connectivity index (χ3n) is 2.32. The van der Waals surface area contributed by atoms with E-state index >= 15 is 0 Å². The van der Waals surface area contributed by atoms with Crippen molar-refractivity contribution in [2.45, 2.75) is 25.6 Å². The Morgan fingerprint density at radius 3 is 2.60 bits per heavy atom. The van der Waals surface area contributed by atoms with Crippen molar-refractivity contribution in [3.8, 4) is 0 Å². The number of hydrogen-bond donors (Lipinski definition) is 1. The molecule has 0 aliphatic carbocycles. The zero-order valence-electron chi connectivity index (χ0n) is 8.79. The fraction of sp³-hybridized carbons (Fsp3) is 0.455. The summed E-state index contributed by atoms with van der Waals surface area (Å²) < 4.78 is 5.64. The Balaban J connectivity index is 0.00000112. The number of rotatable bonds is 1. The zero-order chi connectivity index (χ0) is 10.2. The topological polar surface area (TPSA) is 21.3 Å². The summed E-state index contributed by atoms with van der Waals surface area (Å²) in [4.78, 5) is 0. The van der Waals surface area contributed by atoms with Gasteiger partial charge in [-0.1, -0.05) is 29.8 Å². The Labute approximate surface area is 101 Å². The van der Waals surface area contributed by atoms with Gasteiger partial charge in [0.05, 0.1) is 6.61 Å². The van der Waals surface area contributed by atoms with Crippen LogP contribution in [0.1, 0.15) is 25.6 Å². The largest absolute Gasteiger partial charge is 0.357 e. The Bertz CT molecular complexity index is 341. The average Bonchev–Trinajstić information content (AvgIpc) is 2.47. The van der Waals surface area contributed by atoms with Gasteiger partial charge < -0.3 is 4.74 Å². The van der Waals surface area contributed by atoms with Gasteiger partial charge in [0, 0.05) is 16.1 Å². The zero-order valence-corrected chi connectivity index (χ0v) is 10.4. The van der Waals surface area contributed by atoms with Crippen LogP contribution in [0.5, 0.6) is 0 Å². The minimum atomic E-state index is -0.0706. The normalized spacial score (nSPS) is 23.5. The first-order valence-electron chi connectivity index (χ1n) is 4.72. The number of halogens is 2. The molecule has 1 fully saturated rings. The fourth-order valence-corrected chi connectivity index (χ4v) is 1.82. The number of benzene rings is 1. The molecule has 1 aromatic rings. The standard InChI is InChI=1S/C11H14ClNO.ClH/c1-11(2)7-14-10(13-11)8-5-3-4-6-9(8)12;/h3-6,10,13H,7H2,1-2H3;1H. The van der Waals surface area contributed by atoms with Gasteiger partial charge in [-0.2, -0.15) is 0 Å². The molecule has 0 saturated carbocycles. The summed E-state index contributed by atoms with van der Waals surface area (Å²) in [5, 5.41) is 4.13. The van der Waals surface area contributed by atoms with Crippen LogP contribution in [0.15, 0.2) is 24.3 Å². The molecule has 1 aliphatic rings. The van der Waals surface area contributed by atoms with Crippen LogP contribution in [0.2, 0.25) is 5.02 Å². The lowest BCUT2D eigenvalue weighted by Crippen LogP contribution is -2.35. The molecular weight excluding hydrogens is 233 g/mol. The van der Waals surface area contributed by atoms with Gasteiger partial charge in [0.1, 0.15) is 6.23 Å². The van der Waals surface area contributed by atoms with E-state index in [0.29, 0.717) is 6.61 Å². The second-order valence-corrected chi connectivity index (χ2v) is 4.65. The second kappa shape index (κ2) is 4.71. The molecule has 0 spiro atoms. The van der Waals surface area contributed by atoms with Crippen LogP contribution in [0.4, 0.5) is 0 Å². The smallest absolute Gasteiger partial charge is 0.136 e. The van der Waals surface area contributed by atoms with Crippen molar-refractivity contribution in [2.75, 3.05) is 6.61 Å². The molecule has 1 atom stereocenters. The van der Waals surface area contributed by atoms with Crippen molar-refractivity contribution < 1.29 is 4.74 Å². The van der Waals surface area contributed by atoms with Gasteiger partial charge in [-0.15, -0.1) is 12.4 Å². The molecule has 0 radical (unpaired) electrons. The molecule has 2 nitrogen and oxygen atoms in total. The lowest BCUT2D eigenvalue weighted by Gasteiger charge is -2.17. The summed E-state index contributed by atoms with van der Waals surface area (Å²) in [6, 6.07) is 7.76. The van der Waals surface area contributed by atoms with Crippen molar-refractivity contribution in [1.82, 2.24) is 5.32 Å². The molecule has 0 aromatic heterocycles. The Morgan fingerprint density at radius 2 is 2.07 bits per heavy atom. The Kier molecular flexibility index (Phi) is 4.01. The molecule has 1 N–H and O–H groups in total. The molecule has 84 valence electrons. The lowest BCUT2D eigenvalue weighted by molar-refractivity contribution is 0.0990. The van der Waals surface area contributed by atoms with E-state index in [-0.39, 0.29) is 24.2 Å². The monoisotopic (exact) mass is 247 g/mol. The van der Waals surface area contributed by atoms with E-state index in [1.165, 1.54) is 0 Å². The molecule has 1 saturated heterocycles. The quantitative estimate of drug-likeness (QED) is 0.824. The van der Waals surface area contributed by atoms with Crippen LogP contribution in [-0.4, -0.2) is 12.1 Å². The van der Waals surface area contributed by atoms with Gasteiger partial charge in [-0.25, -0.2) is 0 Å². The maximum atomic E-state index is 6.08. The van der Waals surface area contributed by atoms with E-state index in [0.717, 1.165) is 10.6 Å². The molecule has 1 aromatic carbocycles. The minimum absolute atomic E-state index is 0. The van der Waals surface area contributed by atoms with Gasteiger partial charge in [-0.3, -0.25) is 5.32 Å². The van der Waals surface area contributed by atoms with Crippen LogP contribution in [0.25, 0.3) is 0 Å². The number of hydrogen-bond acceptors (Lipinski definition) is 2. The Hall–Kier alpha value is -0.280. The molecule has 2 rings (SSSR count). The summed E-state index contributed by atoms with van der Waals surface area (Å²) in [7, 11) is 0. The van der Waals surface area contributed by atoms with Crippen LogP contribution < -0.4 is 5.32 Å². The van der Waals surface area contributed by atoms with Crippen LogP contribution in [-0.2, 0) is 4.74 Å². The second-order valence-electron chi connectivity index (χ2n) is 4.24. The summed E-state index contributed by atoms with van der Waals surface area (Å²) in [6.45, 7) is 4.94. The fourth-order valence-electron chi connectivity index (χ4n) is 1.59. The molecular formula is C11H15Cl2NO. The van der Waals surface area contributed by atoms with Gasteiger partial charge in [0.2, 0.25) is 0 Å². The highest BCUT2D eigenvalue weighted by molar-refractivity contribution is 6.31. The van der Waals surface area contributed by atoms with Gasteiger partial charge in [-0.05, 0) is 19.9 Å². The predicted molar refractivity (Wildman–Crippen MR) is 64.6 cm³/mol. The van der Waals surface area contributed by atoms with Crippen molar-refractivity contribution in [1.29, 1.82) is 0 Å². The highest BCUT2D eigenvalue weighted by Gasteiger charge is 2.32. The third kappa shape index (κ3) is 2.85. The van der Waals surface area contributed by atoms with E-state index in [1.807, 2.05) is 24.3 Å². The van der Waals surface area contributed by atoms with Crippen LogP contribution in [0, 0.1) is 0 Å². The maximum absolute atomic E-state index is 6.08. The third-order valence-corrected chi connectivity index (χ3v) is 2.66. The van der Waals surface area contributed by atoms with Gasteiger partial charge >= 0.3 is 0 Å². The Morgan fingerprint density at radius 1 is 1.40 bits per heavy atom. The van der Waals surface area contributed by atoms with Gasteiger partial charge in [0.15, 0.2) is 0 Å².